The van der Waals surface area contributed by atoms with E-state index in [1.807, 2.05) is 0 Å². The predicted molar refractivity (Wildman–Crippen MR) is 75.2 cm³/mol. The van der Waals surface area contributed by atoms with Gasteiger partial charge in [0.1, 0.15) is 18.3 Å². The third-order valence-electron chi connectivity index (χ3n) is 3.80. The molecule has 4 atom stereocenters. The Hall–Kier alpha value is -0.240. The van der Waals surface area contributed by atoms with Crippen LogP contribution in [0.25, 0.3) is 0 Å². The Kier molecular flexibility index (Phi) is 7.94. The number of ether oxygens (including phenoxy) is 1. The molecule has 0 radical (unpaired) electrons. The highest BCUT2D eigenvalue weighted by molar-refractivity contribution is 4.95. The Morgan fingerprint density at radius 1 is 1.10 bits per heavy atom. The highest BCUT2D eigenvalue weighted by Gasteiger charge is 2.52. The van der Waals surface area contributed by atoms with Crippen molar-refractivity contribution < 1.29 is 25.2 Å². The van der Waals surface area contributed by atoms with E-state index in [1.54, 1.807) is 0 Å². The molecule has 0 bridgehead atoms. The second-order valence-corrected chi connectivity index (χ2v) is 5.57. The van der Waals surface area contributed by atoms with E-state index in [-0.39, 0.29) is 0 Å². The van der Waals surface area contributed by atoms with Gasteiger partial charge in [0.25, 0.3) is 0 Å². The number of hydrogen-bond acceptors (Lipinski definition) is 6. The van der Waals surface area contributed by atoms with E-state index in [9.17, 15) is 15.3 Å². The minimum absolute atomic E-state index is 0.343. The molecular formula is C14H29NO5. The fraction of sp³-hybridized carbons (Fsp3) is 1.00. The summed E-state index contributed by atoms with van der Waals surface area (Å²) in [4.78, 5) is 0. The molecule has 5 N–H and O–H groups in total. The van der Waals surface area contributed by atoms with Gasteiger partial charge < -0.3 is 30.5 Å². The highest BCUT2D eigenvalue weighted by Crippen LogP contribution is 2.28. The standard InChI is InChI=1S/C14H29NO5/c1-2-3-4-5-6-7-8-15-9-11-12(17)13(18)14(19,10-16)20-11/h11-13,15-19H,2-10H2,1H3/t11-,12+,13-,14+/m0/s1. The minimum atomic E-state index is -2.05. The molecule has 0 aromatic heterocycles. The van der Waals surface area contributed by atoms with Crippen LogP contribution in [0.3, 0.4) is 0 Å². The maximum absolute atomic E-state index is 9.74. The first kappa shape index (κ1) is 17.8. The normalized spacial score (nSPS) is 33.8. The molecule has 6 heteroatoms. The Balaban J connectivity index is 2.11. The monoisotopic (exact) mass is 291 g/mol. The van der Waals surface area contributed by atoms with E-state index in [1.165, 1.54) is 32.1 Å². The van der Waals surface area contributed by atoms with Gasteiger partial charge in [-0.25, -0.2) is 0 Å². The quantitative estimate of drug-likeness (QED) is 0.355. The molecule has 120 valence electrons. The van der Waals surface area contributed by atoms with Crippen LogP contribution in [0.2, 0.25) is 0 Å². The molecule has 0 aliphatic carbocycles. The van der Waals surface area contributed by atoms with Gasteiger partial charge in [-0.3, -0.25) is 0 Å². The molecule has 0 aromatic rings. The zero-order chi connectivity index (χ0) is 15.0. The summed E-state index contributed by atoms with van der Waals surface area (Å²) in [5, 5.41) is 41.2. The van der Waals surface area contributed by atoms with Crippen LogP contribution in [0.15, 0.2) is 0 Å². The zero-order valence-electron chi connectivity index (χ0n) is 12.3. The highest BCUT2D eigenvalue weighted by atomic mass is 16.7. The molecular weight excluding hydrogens is 262 g/mol. The lowest BCUT2D eigenvalue weighted by atomic mass is 10.1. The molecule has 1 aliphatic heterocycles. The van der Waals surface area contributed by atoms with Gasteiger partial charge in [0, 0.05) is 6.54 Å². The average Bonchev–Trinajstić information content (AvgIpc) is 2.67. The van der Waals surface area contributed by atoms with Crippen LogP contribution in [0.1, 0.15) is 45.4 Å². The maximum atomic E-state index is 9.74. The van der Waals surface area contributed by atoms with Crippen molar-refractivity contribution in [2.24, 2.45) is 0 Å². The summed E-state index contributed by atoms with van der Waals surface area (Å²) < 4.78 is 5.13. The van der Waals surface area contributed by atoms with E-state index in [4.69, 9.17) is 9.84 Å². The topological polar surface area (TPSA) is 102 Å². The smallest absolute Gasteiger partial charge is 0.219 e. The van der Waals surface area contributed by atoms with Gasteiger partial charge >= 0.3 is 0 Å². The molecule has 0 spiro atoms. The molecule has 0 aromatic carbocycles. The van der Waals surface area contributed by atoms with Gasteiger partial charge in [-0.2, -0.15) is 0 Å². The first-order chi connectivity index (χ1) is 9.55. The zero-order valence-corrected chi connectivity index (χ0v) is 12.3. The fourth-order valence-electron chi connectivity index (χ4n) is 2.44. The fourth-order valence-corrected chi connectivity index (χ4v) is 2.44. The molecule has 0 saturated carbocycles. The van der Waals surface area contributed by atoms with Crippen LogP contribution in [-0.2, 0) is 4.74 Å². The second-order valence-electron chi connectivity index (χ2n) is 5.57. The number of aliphatic hydroxyl groups excluding tert-OH is 3. The van der Waals surface area contributed by atoms with Crippen LogP contribution in [-0.4, -0.2) is 64.2 Å². The number of nitrogens with one attached hydrogen (secondary N) is 1. The summed E-state index contributed by atoms with van der Waals surface area (Å²) in [7, 11) is 0. The van der Waals surface area contributed by atoms with E-state index < -0.39 is 30.7 Å². The van der Waals surface area contributed by atoms with Crippen molar-refractivity contribution in [3.05, 3.63) is 0 Å². The summed E-state index contributed by atoms with van der Waals surface area (Å²) in [6.07, 6.45) is 3.89. The molecule has 1 rings (SSSR count). The number of aliphatic hydroxyl groups is 4. The number of rotatable bonds is 10. The van der Waals surface area contributed by atoms with Crippen molar-refractivity contribution in [3.63, 3.8) is 0 Å². The van der Waals surface area contributed by atoms with Gasteiger partial charge in [-0.15, -0.1) is 0 Å². The van der Waals surface area contributed by atoms with Crippen LogP contribution < -0.4 is 5.32 Å². The maximum Gasteiger partial charge on any atom is 0.219 e. The number of hydrogen-bond donors (Lipinski definition) is 5. The molecule has 1 saturated heterocycles. The molecule has 1 aliphatic rings. The largest absolute Gasteiger partial charge is 0.391 e. The second kappa shape index (κ2) is 8.92. The Morgan fingerprint density at radius 3 is 2.35 bits per heavy atom. The van der Waals surface area contributed by atoms with Gasteiger partial charge in [0.05, 0.1) is 6.61 Å². The third kappa shape index (κ3) is 4.95. The van der Waals surface area contributed by atoms with Gasteiger partial charge in [-0.05, 0) is 13.0 Å². The van der Waals surface area contributed by atoms with E-state index in [2.05, 4.69) is 12.2 Å². The number of unbranched alkanes of at least 4 members (excludes halogenated alkanes) is 5. The molecule has 6 nitrogen and oxygen atoms in total. The Bertz CT molecular complexity index is 266. The molecule has 0 amide bonds. The summed E-state index contributed by atoms with van der Waals surface area (Å²) in [6, 6.07) is 0. The van der Waals surface area contributed by atoms with Crippen LogP contribution >= 0.6 is 0 Å². The summed E-state index contributed by atoms with van der Waals surface area (Å²) in [5.74, 6) is -2.05. The predicted octanol–water partition coefficient (Wildman–Crippen LogP) is -0.262. The van der Waals surface area contributed by atoms with Crippen molar-refractivity contribution in [3.8, 4) is 0 Å². The van der Waals surface area contributed by atoms with Crippen LogP contribution in [0, 0.1) is 0 Å². The van der Waals surface area contributed by atoms with Crippen molar-refractivity contribution in [1.29, 1.82) is 0 Å². The van der Waals surface area contributed by atoms with Gasteiger partial charge in [0.2, 0.25) is 5.79 Å². The minimum Gasteiger partial charge on any atom is -0.391 e. The van der Waals surface area contributed by atoms with Crippen LogP contribution in [0.5, 0.6) is 0 Å². The average molecular weight is 291 g/mol. The van der Waals surface area contributed by atoms with E-state index in [0.29, 0.717) is 6.54 Å². The molecule has 1 heterocycles. The molecule has 1 fully saturated rings. The van der Waals surface area contributed by atoms with Crippen molar-refractivity contribution in [1.82, 2.24) is 5.32 Å². The van der Waals surface area contributed by atoms with Gasteiger partial charge in [-0.1, -0.05) is 39.0 Å². The van der Waals surface area contributed by atoms with Crippen LogP contribution in [0.4, 0.5) is 0 Å². The summed E-state index contributed by atoms with van der Waals surface area (Å²) >= 11 is 0. The molecule has 20 heavy (non-hydrogen) atoms. The Morgan fingerprint density at radius 2 is 1.75 bits per heavy atom. The summed E-state index contributed by atoms with van der Waals surface area (Å²) in [5.41, 5.74) is 0. The summed E-state index contributed by atoms with van der Waals surface area (Å²) in [6.45, 7) is 2.61. The first-order valence-electron chi connectivity index (χ1n) is 7.63. The van der Waals surface area contributed by atoms with Crippen molar-refractivity contribution in [2.75, 3.05) is 19.7 Å². The van der Waals surface area contributed by atoms with E-state index in [0.717, 1.165) is 13.0 Å². The lowest BCUT2D eigenvalue weighted by Crippen LogP contribution is -2.46. The van der Waals surface area contributed by atoms with E-state index >= 15 is 0 Å². The van der Waals surface area contributed by atoms with Crippen molar-refractivity contribution >= 4 is 0 Å². The Labute approximate surface area is 120 Å². The van der Waals surface area contributed by atoms with Gasteiger partial charge in [0.15, 0.2) is 0 Å². The molecule has 0 unspecified atom stereocenters. The third-order valence-corrected chi connectivity index (χ3v) is 3.80. The lowest BCUT2D eigenvalue weighted by Gasteiger charge is -2.22. The SMILES string of the molecule is CCCCCCCCNC[C@@H]1O[C@](O)(CO)[C@@H](O)[C@@H]1O. The lowest BCUT2D eigenvalue weighted by molar-refractivity contribution is -0.245. The van der Waals surface area contributed by atoms with Crippen molar-refractivity contribution in [2.45, 2.75) is 69.5 Å². The first-order valence-corrected chi connectivity index (χ1v) is 7.63.